The predicted molar refractivity (Wildman–Crippen MR) is 47.3 cm³/mol. The van der Waals surface area contributed by atoms with Gasteiger partial charge in [-0.15, -0.1) is 0 Å². The fourth-order valence-electron chi connectivity index (χ4n) is 0.757. The molecule has 0 radical (unpaired) electrons. The van der Waals surface area contributed by atoms with Gasteiger partial charge in [0.15, 0.2) is 0 Å². The quantitative estimate of drug-likeness (QED) is 0.636. The maximum absolute atomic E-state index is 12.0. The lowest BCUT2D eigenvalue weighted by molar-refractivity contribution is -0.126. The van der Waals surface area contributed by atoms with Crippen molar-refractivity contribution in [3.05, 3.63) is 22.5 Å². The summed E-state index contributed by atoms with van der Waals surface area (Å²) in [6.07, 6.45) is -14.0. The number of alkyl halides is 6. The molecule has 0 unspecified atom stereocenters. The first-order valence-corrected chi connectivity index (χ1v) is 4.79. The molecule has 0 heterocycles. The van der Waals surface area contributed by atoms with Crippen molar-refractivity contribution < 1.29 is 35.1 Å². The van der Waals surface area contributed by atoms with Crippen LogP contribution in [0.15, 0.2) is 22.5 Å². The van der Waals surface area contributed by atoms with Gasteiger partial charge in [0.1, 0.15) is 0 Å². The van der Waals surface area contributed by atoms with E-state index in [9.17, 15) is 35.1 Å². The van der Waals surface area contributed by atoms with Gasteiger partial charge in [-0.1, -0.05) is 11.8 Å². The van der Waals surface area contributed by atoms with Crippen molar-refractivity contribution in [2.75, 3.05) is 0 Å². The lowest BCUT2D eigenvalue weighted by atomic mass is 10.4. The van der Waals surface area contributed by atoms with Crippen molar-refractivity contribution in [3.63, 3.8) is 0 Å². The largest absolute Gasteiger partial charge is 0.393 e. The molecule has 0 aromatic carbocycles. The van der Waals surface area contributed by atoms with Crippen LogP contribution in [0.25, 0.3) is 0 Å². The Morgan fingerprint density at radius 3 is 1.24 bits per heavy atom. The smallest absolute Gasteiger partial charge is 0.215 e. The van der Waals surface area contributed by atoms with Crippen molar-refractivity contribution in [2.24, 2.45) is 0 Å². The van der Waals surface area contributed by atoms with Gasteiger partial charge in [0.2, 0.25) is 0 Å². The molecule has 0 aliphatic rings. The number of thioether (sulfide) groups is 1. The molecular formula is C8H6F8S. The highest BCUT2D eigenvalue weighted by molar-refractivity contribution is 8.06. The maximum Gasteiger partial charge on any atom is 0.393 e. The minimum atomic E-state index is -4.77. The van der Waals surface area contributed by atoms with Crippen molar-refractivity contribution in [1.82, 2.24) is 0 Å². The van der Waals surface area contributed by atoms with E-state index < -0.39 is 47.7 Å². The number of hydrogen-bond acceptors (Lipinski definition) is 1. The van der Waals surface area contributed by atoms with Crippen LogP contribution in [0.3, 0.4) is 0 Å². The minimum absolute atomic E-state index is 0.224. The summed E-state index contributed by atoms with van der Waals surface area (Å²) >= 11 is -0.224. The second-order valence-corrected chi connectivity index (χ2v) is 4.09. The lowest BCUT2D eigenvalue weighted by Crippen LogP contribution is -2.09. The van der Waals surface area contributed by atoms with Gasteiger partial charge in [0, 0.05) is 9.81 Å². The summed E-state index contributed by atoms with van der Waals surface area (Å²) in [5.41, 5.74) is 0. The monoisotopic (exact) mass is 286 g/mol. The molecule has 0 aliphatic carbocycles. The summed E-state index contributed by atoms with van der Waals surface area (Å²) in [6.45, 7) is 0. The molecule has 0 saturated heterocycles. The van der Waals surface area contributed by atoms with Gasteiger partial charge in [-0.25, -0.2) is 8.78 Å². The second kappa shape index (κ2) is 6.27. The Balaban J connectivity index is 4.57. The molecule has 0 fully saturated rings. The molecule has 17 heavy (non-hydrogen) atoms. The Labute approximate surface area is 95.4 Å². The van der Waals surface area contributed by atoms with Crippen LogP contribution in [0, 0.1) is 0 Å². The Bertz CT molecular complexity index is 268. The summed E-state index contributed by atoms with van der Waals surface area (Å²) in [5, 5.41) is 0. The van der Waals surface area contributed by atoms with Crippen LogP contribution in [0.1, 0.15) is 12.8 Å². The van der Waals surface area contributed by atoms with E-state index in [0.717, 1.165) is 0 Å². The molecule has 0 spiro atoms. The summed E-state index contributed by atoms with van der Waals surface area (Å²) < 4.78 is 95.0. The van der Waals surface area contributed by atoms with E-state index in [0.29, 0.717) is 0 Å². The minimum Gasteiger partial charge on any atom is -0.215 e. The average molecular weight is 286 g/mol. The highest BCUT2D eigenvalue weighted by Crippen LogP contribution is 2.39. The van der Waals surface area contributed by atoms with Gasteiger partial charge in [0.05, 0.1) is 25.5 Å². The predicted octanol–water partition coefficient (Wildman–Crippen LogP) is 5.25. The van der Waals surface area contributed by atoms with E-state index in [1.807, 2.05) is 0 Å². The van der Waals surface area contributed by atoms with Crippen molar-refractivity contribution >= 4 is 11.8 Å². The van der Waals surface area contributed by atoms with Gasteiger partial charge < -0.3 is 0 Å². The molecule has 0 nitrogen and oxygen atoms in total. The molecule has 0 amide bonds. The van der Waals surface area contributed by atoms with Gasteiger partial charge in [-0.2, -0.15) is 26.3 Å². The SMILES string of the molecule is FC=C(CC(F)(F)F)SC(=CF)CC(F)(F)F. The zero-order valence-electron chi connectivity index (χ0n) is 8.00. The third-order valence-corrected chi connectivity index (χ3v) is 2.25. The molecule has 100 valence electrons. The van der Waals surface area contributed by atoms with E-state index in [2.05, 4.69) is 0 Å². The van der Waals surface area contributed by atoms with Gasteiger partial charge in [-0.05, 0) is 0 Å². The molecule has 0 bridgehead atoms. The first-order chi connectivity index (χ1) is 7.57. The lowest BCUT2D eigenvalue weighted by Gasteiger charge is -2.12. The molecule has 0 rings (SSSR count). The van der Waals surface area contributed by atoms with Crippen molar-refractivity contribution in [3.8, 4) is 0 Å². The van der Waals surface area contributed by atoms with Gasteiger partial charge in [-0.3, -0.25) is 0 Å². The summed E-state index contributed by atoms with van der Waals surface area (Å²) in [4.78, 5) is -2.07. The second-order valence-electron chi connectivity index (χ2n) is 2.84. The average Bonchev–Trinajstić information content (AvgIpc) is 2.11. The molecular weight excluding hydrogens is 280 g/mol. The van der Waals surface area contributed by atoms with Crippen LogP contribution in [-0.2, 0) is 0 Å². The Morgan fingerprint density at radius 2 is 1.06 bits per heavy atom. The van der Waals surface area contributed by atoms with Gasteiger partial charge in [0.25, 0.3) is 0 Å². The fourth-order valence-corrected chi connectivity index (χ4v) is 1.65. The number of allylic oxidation sites excluding steroid dienone is 2. The molecule has 0 aromatic heterocycles. The van der Waals surface area contributed by atoms with Crippen LogP contribution in [0.4, 0.5) is 35.1 Å². The van der Waals surface area contributed by atoms with E-state index in [1.54, 1.807) is 0 Å². The van der Waals surface area contributed by atoms with Crippen molar-refractivity contribution in [1.29, 1.82) is 0 Å². The molecule has 9 heteroatoms. The summed E-state index contributed by atoms with van der Waals surface area (Å²) in [6, 6.07) is 0. The van der Waals surface area contributed by atoms with E-state index in [-0.39, 0.29) is 11.8 Å². The molecule has 0 N–H and O–H groups in total. The number of hydrogen-bond donors (Lipinski definition) is 0. The summed E-state index contributed by atoms with van der Waals surface area (Å²) in [5.74, 6) is 0. The number of rotatable bonds is 4. The maximum atomic E-state index is 12.0. The fraction of sp³-hybridized carbons (Fsp3) is 0.500. The van der Waals surface area contributed by atoms with Crippen LogP contribution in [0.2, 0.25) is 0 Å². The summed E-state index contributed by atoms with van der Waals surface area (Å²) in [7, 11) is 0. The molecule has 0 aromatic rings. The Hall–Kier alpha value is -0.730. The van der Waals surface area contributed by atoms with E-state index in [4.69, 9.17) is 0 Å². The molecule has 0 saturated carbocycles. The highest BCUT2D eigenvalue weighted by Gasteiger charge is 2.33. The molecule has 0 atom stereocenters. The highest BCUT2D eigenvalue weighted by atomic mass is 32.2. The first-order valence-electron chi connectivity index (χ1n) is 3.97. The molecule has 0 aliphatic heterocycles. The number of halogens is 8. The topological polar surface area (TPSA) is 0 Å². The van der Waals surface area contributed by atoms with Gasteiger partial charge >= 0.3 is 12.4 Å². The third kappa shape index (κ3) is 9.02. The van der Waals surface area contributed by atoms with Crippen LogP contribution < -0.4 is 0 Å². The first kappa shape index (κ1) is 16.3. The van der Waals surface area contributed by atoms with E-state index in [1.165, 1.54) is 0 Å². The standard InChI is InChI=1S/C8H6F8S/c9-3-5(1-7(11,12)13)17-6(4-10)2-8(14,15)16/h3-4H,1-2H2. The van der Waals surface area contributed by atoms with E-state index >= 15 is 0 Å². The zero-order chi connectivity index (χ0) is 13.7. The Kier molecular flexibility index (Phi) is 6.00. The van der Waals surface area contributed by atoms with Crippen LogP contribution >= 0.6 is 11.8 Å². The van der Waals surface area contributed by atoms with Crippen LogP contribution in [0.5, 0.6) is 0 Å². The Morgan fingerprint density at radius 1 is 0.765 bits per heavy atom. The third-order valence-electron chi connectivity index (χ3n) is 1.25. The zero-order valence-corrected chi connectivity index (χ0v) is 8.82. The van der Waals surface area contributed by atoms with Crippen LogP contribution in [-0.4, -0.2) is 12.4 Å². The normalized spacial score (nSPS) is 15.3. The van der Waals surface area contributed by atoms with Crippen molar-refractivity contribution in [2.45, 2.75) is 25.2 Å².